The van der Waals surface area contributed by atoms with Gasteiger partial charge in [0.15, 0.2) is 0 Å². The topological polar surface area (TPSA) is 46.2 Å². The largest absolute Gasteiger partial charge is 0.393 e. The molecule has 0 radical (unpaired) electrons. The monoisotopic (exact) mass is 129 g/mol. The molecular formula is C7H15NO. The van der Waals surface area contributed by atoms with Crippen LogP contribution in [0.2, 0.25) is 0 Å². The van der Waals surface area contributed by atoms with Crippen molar-refractivity contribution >= 4 is 0 Å². The van der Waals surface area contributed by atoms with Crippen molar-refractivity contribution in [3.05, 3.63) is 0 Å². The van der Waals surface area contributed by atoms with E-state index in [4.69, 9.17) is 5.73 Å². The van der Waals surface area contributed by atoms with Gasteiger partial charge in [0.1, 0.15) is 0 Å². The van der Waals surface area contributed by atoms with Crippen LogP contribution in [0.4, 0.5) is 0 Å². The van der Waals surface area contributed by atoms with Gasteiger partial charge >= 0.3 is 0 Å². The SMILES string of the molecule is CC(N)C1CCC[C@@H]1O. The van der Waals surface area contributed by atoms with Crippen LogP contribution in [-0.2, 0) is 0 Å². The van der Waals surface area contributed by atoms with Crippen molar-refractivity contribution in [2.45, 2.75) is 38.3 Å². The summed E-state index contributed by atoms with van der Waals surface area (Å²) >= 11 is 0. The van der Waals surface area contributed by atoms with Gasteiger partial charge in [-0.15, -0.1) is 0 Å². The molecule has 0 bridgehead atoms. The van der Waals surface area contributed by atoms with Gasteiger partial charge in [0, 0.05) is 6.04 Å². The van der Waals surface area contributed by atoms with Crippen molar-refractivity contribution < 1.29 is 5.11 Å². The van der Waals surface area contributed by atoms with Crippen LogP contribution in [0.3, 0.4) is 0 Å². The molecule has 2 heteroatoms. The van der Waals surface area contributed by atoms with Crippen molar-refractivity contribution in [1.29, 1.82) is 0 Å². The number of hydrogen-bond donors (Lipinski definition) is 2. The van der Waals surface area contributed by atoms with Crippen LogP contribution < -0.4 is 5.73 Å². The number of nitrogens with two attached hydrogens (primary N) is 1. The third-order valence-electron chi connectivity index (χ3n) is 2.21. The first-order valence-corrected chi connectivity index (χ1v) is 3.65. The highest BCUT2D eigenvalue weighted by molar-refractivity contribution is 4.81. The molecule has 1 aliphatic carbocycles. The van der Waals surface area contributed by atoms with Gasteiger partial charge in [-0.05, 0) is 25.7 Å². The predicted octanol–water partition coefficient (Wildman–Crippen LogP) is 0.495. The molecule has 0 aromatic heterocycles. The summed E-state index contributed by atoms with van der Waals surface area (Å²) in [7, 11) is 0. The first-order valence-electron chi connectivity index (χ1n) is 3.65. The second kappa shape index (κ2) is 2.67. The van der Waals surface area contributed by atoms with E-state index in [9.17, 15) is 5.11 Å². The zero-order valence-electron chi connectivity index (χ0n) is 5.88. The molecule has 0 heterocycles. The van der Waals surface area contributed by atoms with E-state index in [0.29, 0.717) is 5.92 Å². The molecule has 9 heavy (non-hydrogen) atoms. The van der Waals surface area contributed by atoms with Crippen molar-refractivity contribution in [2.24, 2.45) is 11.7 Å². The zero-order valence-corrected chi connectivity index (χ0v) is 5.88. The Morgan fingerprint density at radius 3 is 2.44 bits per heavy atom. The third-order valence-corrected chi connectivity index (χ3v) is 2.21. The highest BCUT2D eigenvalue weighted by atomic mass is 16.3. The van der Waals surface area contributed by atoms with Crippen molar-refractivity contribution in [3.63, 3.8) is 0 Å². The summed E-state index contributed by atoms with van der Waals surface area (Å²) < 4.78 is 0. The molecule has 1 fully saturated rings. The van der Waals surface area contributed by atoms with Crippen molar-refractivity contribution in [2.75, 3.05) is 0 Å². The Hall–Kier alpha value is -0.0800. The minimum atomic E-state index is -0.120. The molecule has 0 aromatic carbocycles. The van der Waals surface area contributed by atoms with Crippen LogP contribution in [0.15, 0.2) is 0 Å². The Kier molecular flexibility index (Phi) is 2.09. The quantitative estimate of drug-likeness (QED) is 0.541. The molecule has 3 atom stereocenters. The standard InChI is InChI=1S/C7H15NO/c1-5(8)6-3-2-4-7(6)9/h5-7,9H,2-4,8H2,1H3/t5?,6?,7-/m0/s1. The maximum atomic E-state index is 9.28. The van der Waals surface area contributed by atoms with E-state index in [1.54, 1.807) is 0 Å². The number of aliphatic hydroxyl groups excluding tert-OH is 1. The highest BCUT2D eigenvalue weighted by Crippen LogP contribution is 2.26. The molecule has 54 valence electrons. The maximum absolute atomic E-state index is 9.28. The van der Waals surface area contributed by atoms with Crippen LogP contribution in [0, 0.1) is 5.92 Å². The molecule has 0 aromatic rings. The van der Waals surface area contributed by atoms with E-state index >= 15 is 0 Å². The molecule has 2 unspecified atom stereocenters. The van der Waals surface area contributed by atoms with Crippen molar-refractivity contribution in [3.8, 4) is 0 Å². The Bertz CT molecular complexity index is 92.9. The molecule has 1 rings (SSSR count). The Balaban J connectivity index is 2.40. The second-order valence-electron chi connectivity index (χ2n) is 3.02. The molecular weight excluding hydrogens is 114 g/mol. The minimum Gasteiger partial charge on any atom is -0.393 e. The number of hydrogen-bond acceptors (Lipinski definition) is 2. The van der Waals surface area contributed by atoms with Crippen LogP contribution in [0.5, 0.6) is 0 Å². The molecule has 0 amide bonds. The molecule has 0 spiro atoms. The predicted molar refractivity (Wildman–Crippen MR) is 37.0 cm³/mol. The van der Waals surface area contributed by atoms with Gasteiger partial charge in [-0.1, -0.05) is 6.42 Å². The van der Waals surface area contributed by atoms with Crippen molar-refractivity contribution in [1.82, 2.24) is 0 Å². The average Bonchev–Trinajstić information content (AvgIpc) is 2.13. The van der Waals surface area contributed by atoms with Gasteiger partial charge in [0.2, 0.25) is 0 Å². The molecule has 0 aliphatic heterocycles. The lowest BCUT2D eigenvalue weighted by atomic mass is 9.99. The molecule has 3 N–H and O–H groups in total. The Labute approximate surface area is 56.1 Å². The van der Waals surface area contributed by atoms with Crippen LogP contribution >= 0.6 is 0 Å². The van der Waals surface area contributed by atoms with Crippen LogP contribution in [0.1, 0.15) is 26.2 Å². The molecule has 1 saturated carbocycles. The summed E-state index contributed by atoms with van der Waals surface area (Å²) in [5.41, 5.74) is 5.63. The van der Waals surface area contributed by atoms with Gasteiger partial charge in [0.25, 0.3) is 0 Å². The molecule has 0 saturated heterocycles. The van der Waals surface area contributed by atoms with Crippen LogP contribution in [-0.4, -0.2) is 17.3 Å². The van der Waals surface area contributed by atoms with Gasteiger partial charge in [-0.2, -0.15) is 0 Å². The minimum absolute atomic E-state index is 0.120. The highest BCUT2D eigenvalue weighted by Gasteiger charge is 2.27. The summed E-state index contributed by atoms with van der Waals surface area (Å²) in [6.07, 6.45) is 3.09. The van der Waals surface area contributed by atoms with Gasteiger partial charge in [-0.3, -0.25) is 0 Å². The Morgan fingerprint density at radius 1 is 1.56 bits per heavy atom. The number of aliphatic hydroxyl groups is 1. The average molecular weight is 129 g/mol. The summed E-state index contributed by atoms with van der Waals surface area (Å²) in [6, 6.07) is 0.169. The second-order valence-corrected chi connectivity index (χ2v) is 3.02. The van der Waals surface area contributed by atoms with E-state index < -0.39 is 0 Å². The van der Waals surface area contributed by atoms with Gasteiger partial charge < -0.3 is 10.8 Å². The summed E-state index contributed by atoms with van der Waals surface area (Å²) in [5, 5.41) is 9.28. The summed E-state index contributed by atoms with van der Waals surface area (Å²) in [6.45, 7) is 1.97. The lowest BCUT2D eigenvalue weighted by Gasteiger charge is -2.17. The lowest BCUT2D eigenvalue weighted by Crippen LogP contribution is -2.31. The maximum Gasteiger partial charge on any atom is 0.0583 e. The fraction of sp³-hybridized carbons (Fsp3) is 1.00. The zero-order chi connectivity index (χ0) is 6.85. The normalized spacial score (nSPS) is 39.0. The smallest absolute Gasteiger partial charge is 0.0583 e. The third kappa shape index (κ3) is 1.43. The van der Waals surface area contributed by atoms with Crippen LogP contribution in [0.25, 0.3) is 0 Å². The number of rotatable bonds is 1. The van der Waals surface area contributed by atoms with Gasteiger partial charge in [0.05, 0.1) is 6.10 Å². The summed E-state index contributed by atoms with van der Waals surface area (Å²) in [4.78, 5) is 0. The first-order chi connectivity index (χ1) is 4.22. The van der Waals surface area contributed by atoms with E-state index in [0.717, 1.165) is 19.3 Å². The van der Waals surface area contributed by atoms with Gasteiger partial charge in [-0.25, -0.2) is 0 Å². The lowest BCUT2D eigenvalue weighted by molar-refractivity contribution is 0.121. The van der Waals surface area contributed by atoms with E-state index in [1.807, 2.05) is 6.92 Å². The van der Waals surface area contributed by atoms with E-state index in [1.165, 1.54) is 0 Å². The fourth-order valence-electron chi connectivity index (χ4n) is 1.58. The fourth-order valence-corrected chi connectivity index (χ4v) is 1.58. The van der Waals surface area contributed by atoms with E-state index in [2.05, 4.69) is 0 Å². The molecule has 1 aliphatic rings. The Morgan fingerprint density at radius 2 is 2.22 bits per heavy atom. The summed E-state index contributed by atoms with van der Waals surface area (Å²) in [5.74, 6) is 0.366. The first kappa shape index (κ1) is 7.03. The van der Waals surface area contributed by atoms with E-state index in [-0.39, 0.29) is 12.1 Å². The molecule has 2 nitrogen and oxygen atoms in total.